The quantitative estimate of drug-likeness (QED) is 0.710. The zero-order valence-corrected chi connectivity index (χ0v) is 15.7. The van der Waals surface area contributed by atoms with E-state index in [0.717, 1.165) is 15.4 Å². The molecule has 0 fully saturated rings. The zero-order chi connectivity index (χ0) is 19.3. The smallest absolute Gasteiger partial charge is 0.243 e. The Balaban J connectivity index is 1.76. The van der Waals surface area contributed by atoms with E-state index >= 15 is 0 Å². The molecule has 0 heterocycles. The van der Waals surface area contributed by atoms with Crippen molar-refractivity contribution >= 4 is 21.6 Å². The van der Waals surface area contributed by atoms with Gasteiger partial charge in [0.2, 0.25) is 15.9 Å². The number of amides is 1. The number of para-hydroxylation sites is 1. The second-order valence-corrected chi connectivity index (χ2v) is 8.08. The summed E-state index contributed by atoms with van der Waals surface area (Å²) in [5.41, 5.74) is 2.48. The normalized spacial score (nSPS) is 11.3. The third kappa shape index (κ3) is 4.42. The fourth-order valence-corrected chi connectivity index (χ4v) is 3.86. The summed E-state index contributed by atoms with van der Waals surface area (Å²) in [7, 11) is -2.32. The van der Waals surface area contributed by atoms with Crippen molar-refractivity contribution in [3.05, 3.63) is 84.9 Å². The Morgan fingerprint density at radius 1 is 0.852 bits per heavy atom. The van der Waals surface area contributed by atoms with E-state index in [9.17, 15) is 13.2 Å². The van der Waals surface area contributed by atoms with Gasteiger partial charge in [-0.05, 0) is 23.8 Å². The maximum atomic E-state index is 12.6. The molecule has 27 heavy (non-hydrogen) atoms. The Morgan fingerprint density at radius 3 is 2.07 bits per heavy atom. The molecular weight excluding hydrogens is 360 g/mol. The highest BCUT2D eigenvalue weighted by atomic mass is 32.2. The minimum Gasteiger partial charge on any atom is -0.324 e. The van der Waals surface area contributed by atoms with Gasteiger partial charge in [0.05, 0.1) is 11.4 Å². The molecule has 0 radical (unpaired) electrons. The van der Waals surface area contributed by atoms with E-state index in [1.165, 1.54) is 19.2 Å². The molecule has 0 aliphatic rings. The van der Waals surface area contributed by atoms with E-state index in [1.807, 2.05) is 48.5 Å². The number of benzene rings is 3. The number of hydrogen-bond acceptors (Lipinski definition) is 3. The van der Waals surface area contributed by atoms with Crippen LogP contribution in [0.25, 0.3) is 11.1 Å². The molecular formula is C21H20N2O3S. The van der Waals surface area contributed by atoms with E-state index in [0.29, 0.717) is 5.69 Å². The molecule has 0 unspecified atom stereocenters. The maximum absolute atomic E-state index is 12.6. The Bertz CT molecular complexity index is 1020. The van der Waals surface area contributed by atoms with Crippen LogP contribution in [-0.2, 0) is 14.8 Å². The van der Waals surface area contributed by atoms with Gasteiger partial charge in [0, 0.05) is 18.3 Å². The van der Waals surface area contributed by atoms with E-state index in [-0.39, 0.29) is 11.4 Å². The molecule has 0 spiro atoms. The number of nitrogens with zero attached hydrogens (tertiary/aromatic N) is 1. The second kappa shape index (κ2) is 8.16. The third-order valence-corrected chi connectivity index (χ3v) is 5.92. The molecule has 3 aromatic rings. The average molecular weight is 380 g/mol. The van der Waals surface area contributed by atoms with Gasteiger partial charge in [0.25, 0.3) is 0 Å². The van der Waals surface area contributed by atoms with E-state index in [4.69, 9.17) is 0 Å². The van der Waals surface area contributed by atoms with Gasteiger partial charge in [-0.15, -0.1) is 0 Å². The first-order valence-electron chi connectivity index (χ1n) is 8.44. The highest BCUT2D eigenvalue weighted by Crippen LogP contribution is 2.27. The fourth-order valence-electron chi connectivity index (χ4n) is 2.71. The summed E-state index contributed by atoms with van der Waals surface area (Å²) in [6.07, 6.45) is 0. The highest BCUT2D eigenvalue weighted by molar-refractivity contribution is 7.89. The Labute approximate surface area is 159 Å². The number of anilines is 1. The molecule has 1 amide bonds. The number of sulfonamides is 1. The van der Waals surface area contributed by atoms with Crippen LogP contribution in [-0.4, -0.2) is 32.2 Å². The van der Waals surface area contributed by atoms with Crippen molar-refractivity contribution < 1.29 is 13.2 Å². The van der Waals surface area contributed by atoms with Gasteiger partial charge in [-0.25, -0.2) is 8.42 Å². The molecule has 3 aromatic carbocycles. The summed E-state index contributed by atoms with van der Waals surface area (Å²) in [5, 5.41) is 2.82. The molecule has 0 atom stereocenters. The van der Waals surface area contributed by atoms with Crippen molar-refractivity contribution in [1.29, 1.82) is 0 Å². The fraction of sp³-hybridized carbons (Fsp3) is 0.0952. The highest BCUT2D eigenvalue weighted by Gasteiger charge is 2.23. The molecule has 0 saturated carbocycles. The predicted octanol–water partition coefficient (Wildman–Crippen LogP) is 3.61. The minimum atomic E-state index is -3.72. The van der Waals surface area contributed by atoms with Crippen molar-refractivity contribution in [1.82, 2.24) is 4.31 Å². The summed E-state index contributed by atoms with van der Waals surface area (Å²) >= 11 is 0. The van der Waals surface area contributed by atoms with Crippen LogP contribution >= 0.6 is 0 Å². The van der Waals surface area contributed by atoms with Crippen LogP contribution in [0.3, 0.4) is 0 Å². The van der Waals surface area contributed by atoms with Gasteiger partial charge in [0.1, 0.15) is 0 Å². The first-order chi connectivity index (χ1) is 13.0. The first-order valence-corrected chi connectivity index (χ1v) is 9.88. The lowest BCUT2D eigenvalue weighted by molar-refractivity contribution is -0.116. The van der Waals surface area contributed by atoms with Crippen LogP contribution in [0.5, 0.6) is 0 Å². The number of rotatable bonds is 6. The number of nitrogens with one attached hydrogen (secondary N) is 1. The van der Waals surface area contributed by atoms with Gasteiger partial charge in [0.15, 0.2) is 0 Å². The van der Waals surface area contributed by atoms with Gasteiger partial charge in [-0.1, -0.05) is 66.7 Å². The topological polar surface area (TPSA) is 66.5 Å². The van der Waals surface area contributed by atoms with Crippen LogP contribution in [0, 0.1) is 0 Å². The Morgan fingerprint density at radius 2 is 1.41 bits per heavy atom. The van der Waals surface area contributed by atoms with Gasteiger partial charge < -0.3 is 5.32 Å². The molecule has 1 N–H and O–H groups in total. The lowest BCUT2D eigenvalue weighted by atomic mass is 10.0. The van der Waals surface area contributed by atoms with Crippen molar-refractivity contribution in [3.8, 4) is 11.1 Å². The number of likely N-dealkylation sites (N-methyl/N-ethyl adjacent to an activating group) is 1. The van der Waals surface area contributed by atoms with Crippen LogP contribution in [0.2, 0.25) is 0 Å². The summed E-state index contributed by atoms with van der Waals surface area (Å²) in [6, 6.07) is 25.2. The molecule has 138 valence electrons. The molecule has 6 heteroatoms. The molecule has 0 bridgehead atoms. The average Bonchev–Trinajstić information content (AvgIpc) is 2.69. The van der Waals surface area contributed by atoms with E-state index in [1.54, 1.807) is 24.3 Å². The van der Waals surface area contributed by atoms with Crippen molar-refractivity contribution in [2.24, 2.45) is 0 Å². The largest absolute Gasteiger partial charge is 0.324 e. The van der Waals surface area contributed by atoms with Gasteiger partial charge in [-0.2, -0.15) is 4.31 Å². The summed E-state index contributed by atoms with van der Waals surface area (Å²) in [6.45, 7) is -0.277. The molecule has 5 nitrogen and oxygen atoms in total. The van der Waals surface area contributed by atoms with Crippen LogP contribution in [0.1, 0.15) is 0 Å². The molecule has 0 aromatic heterocycles. The Hall–Kier alpha value is -2.96. The van der Waals surface area contributed by atoms with Crippen LogP contribution in [0.15, 0.2) is 89.8 Å². The van der Waals surface area contributed by atoms with E-state index in [2.05, 4.69) is 5.32 Å². The number of hydrogen-bond donors (Lipinski definition) is 1. The monoisotopic (exact) mass is 380 g/mol. The predicted molar refractivity (Wildman–Crippen MR) is 107 cm³/mol. The standard InChI is InChI=1S/C21H20N2O3S/c1-23(27(25,26)18-12-6-3-7-13-18)16-21(24)22-20-15-9-8-14-19(20)17-10-4-2-5-11-17/h2-15H,16H2,1H3,(H,22,24). The van der Waals surface area contributed by atoms with Crippen molar-refractivity contribution in [2.45, 2.75) is 4.90 Å². The van der Waals surface area contributed by atoms with Crippen LogP contribution < -0.4 is 5.32 Å². The third-order valence-electron chi connectivity index (χ3n) is 4.10. The van der Waals surface area contributed by atoms with Gasteiger partial charge >= 0.3 is 0 Å². The van der Waals surface area contributed by atoms with Crippen molar-refractivity contribution in [3.63, 3.8) is 0 Å². The second-order valence-electron chi connectivity index (χ2n) is 6.03. The lowest BCUT2D eigenvalue weighted by Crippen LogP contribution is -2.35. The summed E-state index contributed by atoms with van der Waals surface area (Å²) in [5.74, 6) is -0.402. The Kier molecular flexibility index (Phi) is 5.69. The zero-order valence-electron chi connectivity index (χ0n) is 14.9. The first kappa shape index (κ1) is 18.8. The maximum Gasteiger partial charge on any atom is 0.243 e. The summed E-state index contributed by atoms with van der Waals surface area (Å²) < 4.78 is 26.2. The van der Waals surface area contributed by atoms with Gasteiger partial charge in [-0.3, -0.25) is 4.79 Å². The van der Waals surface area contributed by atoms with E-state index < -0.39 is 15.9 Å². The SMILES string of the molecule is CN(CC(=O)Nc1ccccc1-c1ccccc1)S(=O)(=O)c1ccccc1. The molecule has 3 rings (SSSR count). The number of carbonyl (C=O) groups excluding carboxylic acids is 1. The molecule has 0 aliphatic carbocycles. The summed E-state index contributed by atoms with van der Waals surface area (Å²) in [4.78, 5) is 12.6. The number of carbonyl (C=O) groups is 1. The van der Waals surface area contributed by atoms with Crippen molar-refractivity contribution in [2.75, 3.05) is 18.9 Å². The molecule has 0 aliphatic heterocycles. The minimum absolute atomic E-state index is 0.157. The molecule has 0 saturated heterocycles. The lowest BCUT2D eigenvalue weighted by Gasteiger charge is -2.18. The van der Waals surface area contributed by atoms with Crippen LogP contribution in [0.4, 0.5) is 5.69 Å².